The molecule has 0 amide bonds. The molecule has 1 aliphatic rings. The Labute approximate surface area is 178 Å². The van der Waals surface area contributed by atoms with Crippen LogP contribution in [0.25, 0.3) is 22.3 Å². The van der Waals surface area contributed by atoms with Crippen LogP contribution in [0.5, 0.6) is 0 Å². The van der Waals surface area contributed by atoms with Crippen molar-refractivity contribution in [3.8, 4) is 16.3 Å². The molecule has 156 valence electrons. The number of thiophene rings is 1. The molecular formula is C23H23FN2O3S. The number of carbonyl (C=O) groups excluding carboxylic acids is 1. The second kappa shape index (κ2) is 8.53. The zero-order chi connectivity index (χ0) is 21.3. The summed E-state index contributed by atoms with van der Waals surface area (Å²) in [6.07, 6.45) is 2.90. The van der Waals surface area contributed by atoms with E-state index < -0.39 is 18.2 Å². The van der Waals surface area contributed by atoms with Gasteiger partial charge in [-0.3, -0.25) is 4.79 Å². The second-order valence-electron chi connectivity index (χ2n) is 7.65. The minimum absolute atomic E-state index is 0.0265. The fourth-order valence-corrected chi connectivity index (χ4v) is 4.29. The standard InChI is InChI=1S/C23H23FN2O3S/c1-14(2)22-19(10-9-18-12-17(27)13-21(28)29-18)23(15-5-7-16(24)8-6-15)26(25-22)20-4-3-11-30-20/h3-11,14,17-18,27H,12-13H2,1-2H3/t17-,18-/m1/s1. The lowest BCUT2D eigenvalue weighted by Gasteiger charge is -2.23. The van der Waals surface area contributed by atoms with E-state index in [2.05, 4.69) is 13.8 Å². The Hall–Kier alpha value is -2.77. The number of esters is 1. The van der Waals surface area contributed by atoms with Gasteiger partial charge in [0.15, 0.2) is 0 Å². The topological polar surface area (TPSA) is 64.3 Å². The largest absolute Gasteiger partial charge is 0.458 e. The second-order valence-corrected chi connectivity index (χ2v) is 8.58. The molecule has 30 heavy (non-hydrogen) atoms. The molecule has 2 atom stereocenters. The Bertz CT molecular complexity index is 1060. The summed E-state index contributed by atoms with van der Waals surface area (Å²) in [5, 5.41) is 17.7. The number of aliphatic hydroxyl groups is 1. The molecule has 2 aromatic heterocycles. The number of hydrogen-bond donors (Lipinski definition) is 1. The van der Waals surface area contributed by atoms with Gasteiger partial charge < -0.3 is 9.84 Å². The van der Waals surface area contributed by atoms with Crippen LogP contribution >= 0.6 is 11.3 Å². The molecule has 4 rings (SSSR count). The number of cyclic esters (lactones) is 1. The van der Waals surface area contributed by atoms with Gasteiger partial charge in [0.2, 0.25) is 0 Å². The minimum Gasteiger partial charge on any atom is -0.458 e. The fourth-order valence-electron chi connectivity index (χ4n) is 3.60. The molecule has 3 aromatic rings. The molecular weight excluding hydrogens is 403 g/mol. The van der Waals surface area contributed by atoms with Gasteiger partial charge in [-0.05, 0) is 53.8 Å². The summed E-state index contributed by atoms with van der Waals surface area (Å²) in [5.41, 5.74) is 3.47. The Morgan fingerprint density at radius 1 is 1.30 bits per heavy atom. The first-order chi connectivity index (χ1) is 14.4. The van der Waals surface area contributed by atoms with E-state index in [-0.39, 0.29) is 18.2 Å². The van der Waals surface area contributed by atoms with E-state index in [1.54, 1.807) is 29.5 Å². The average Bonchev–Trinajstić information content (AvgIpc) is 3.34. The van der Waals surface area contributed by atoms with Gasteiger partial charge >= 0.3 is 5.97 Å². The first-order valence-electron chi connectivity index (χ1n) is 9.91. The number of halogens is 1. The third kappa shape index (κ3) is 4.22. The van der Waals surface area contributed by atoms with Crippen molar-refractivity contribution in [2.75, 3.05) is 0 Å². The number of aliphatic hydroxyl groups excluding tert-OH is 1. The van der Waals surface area contributed by atoms with Crippen LogP contribution in [-0.4, -0.2) is 33.1 Å². The number of carbonyl (C=O) groups is 1. The number of nitrogens with zero attached hydrogens (tertiary/aromatic N) is 2. The van der Waals surface area contributed by atoms with Gasteiger partial charge in [-0.25, -0.2) is 9.07 Å². The normalized spacial score (nSPS) is 19.6. The Balaban J connectivity index is 1.84. The summed E-state index contributed by atoms with van der Waals surface area (Å²) in [5.74, 6) is -0.560. The van der Waals surface area contributed by atoms with Crippen molar-refractivity contribution >= 4 is 23.4 Å². The van der Waals surface area contributed by atoms with Gasteiger partial charge in [0.1, 0.15) is 16.9 Å². The molecule has 0 saturated carbocycles. The Morgan fingerprint density at radius 3 is 2.70 bits per heavy atom. The monoisotopic (exact) mass is 426 g/mol. The number of ether oxygens (including phenoxy) is 1. The lowest BCUT2D eigenvalue weighted by molar-refractivity contribution is -0.156. The molecule has 0 unspecified atom stereocenters. The molecule has 0 bridgehead atoms. The molecule has 0 radical (unpaired) electrons. The van der Waals surface area contributed by atoms with Crippen LogP contribution in [0.4, 0.5) is 4.39 Å². The van der Waals surface area contributed by atoms with E-state index in [0.717, 1.165) is 27.5 Å². The van der Waals surface area contributed by atoms with Crippen molar-refractivity contribution < 1.29 is 19.0 Å². The summed E-state index contributed by atoms with van der Waals surface area (Å²) in [6.45, 7) is 4.13. The molecule has 1 aromatic carbocycles. The molecule has 0 spiro atoms. The molecule has 3 heterocycles. The maximum absolute atomic E-state index is 13.6. The number of benzene rings is 1. The average molecular weight is 427 g/mol. The van der Waals surface area contributed by atoms with Crippen molar-refractivity contribution in [1.29, 1.82) is 0 Å². The smallest absolute Gasteiger partial charge is 0.309 e. The van der Waals surface area contributed by atoms with Gasteiger partial charge in [-0.15, -0.1) is 11.3 Å². The van der Waals surface area contributed by atoms with Gasteiger partial charge in [0.05, 0.1) is 23.9 Å². The van der Waals surface area contributed by atoms with Crippen LogP contribution in [0.2, 0.25) is 0 Å². The summed E-state index contributed by atoms with van der Waals surface area (Å²) >= 11 is 1.57. The fraction of sp³-hybridized carbons (Fsp3) is 0.304. The third-order valence-electron chi connectivity index (χ3n) is 5.00. The molecule has 7 heteroatoms. The van der Waals surface area contributed by atoms with Crippen molar-refractivity contribution in [1.82, 2.24) is 9.78 Å². The van der Waals surface area contributed by atoms with Crippen LogP contribution in [0.15, 0.2) is 47.9 Å². The molecule has 1 saturated heterocycles. The van der Waals surface area contributed by atoms with Crippen molar-refractivity contribution in [2.24, 2.45) is 0 Å². The van der Waals surface area contributed by atoms with Crippen molar-refractivity contribution in [2.45, 2.75) is 44.8 Å². The summed E-state index contributed by atoms with van der Waals surface area (Å²) in [7, 11) is 0. The predicted molar refractivity (Wildman–Crippen MR) is 115 cm³/mol. The van der Waals surface area contributed by atoms with Gasteiger partial charge in [0.25, 0.3) is 0 Å². The first kappa shape index (κ1) is 20.5. The lowest BCUT2D eigenvalue weighted by Crippen LogP contribution is -2.31. The van der Waals surface area contributed by atoms with Crippen LogP contribution in [0, 0.1) is 5.82 Å². The van der Waals surface area contributed by atoms with E-state index in [1.807, 2.05) is 28.3 Å². The van der Waals surface area contributed by atoms with E-state index in [0.29, 0.717) is 6.42 Å². The number of rotatable bonds is 5. The predicted octanol–water partition coefficient (Wildman–Crippen LogP) is 4.94. The van der Waals surface area contributed by atoms with Crippen LogP contribution in [-0.2, 0) is 9.53 Å². The van der Waals surface area contributed by atoms with Gasteiger partial charge in [-0.1, -0.05) is 19.9 Å². The van der Waals surface area contributed by atoms with Gasteiger partial charge in [0, 0.05) is 17.5 Å². The summed E-state index contributed by atoms with van der Waals surface area (Å²) in [4.78, 5) is 11.7. The molecule has 0 aliphatic carbocycles. The highest BCUT2D eigenvalue weighted by Gasteiger charge is 2.26. The van der Waals surface area contributed by atoms with E-state index in [1.165, 1.54) is 12.1 Å². The van der Waals surface area contributed by atoms with Gasteiger partial charge in [-0.2, -0.15) is 5.10 Å². The van der Waals surface area contributed by atoms with Crippen LogP contribution in [0.1, 0.15) is 43.9 Å². The molecule has 5 nitrogen and oxygen atoms in total. The van der Waals surface area contributed by atoms with Crippen LogP contribution < -0.4 is 0 Å². The zero-order valence-electron chi connectivity index (χ0n) is 16.8. The number of hydrogen-bond acceptors (Lipinski definition) is 5. The van der Waals surface area contributed by atoms with Crippen molar-refractivity contribution in [3.05, 3.63) is 64.9 Å². The minimum atomic E-state index is -0.698. The zero-order valence-corrected chi connectivity index (χ0v) is 17.6. The van der Waals surface area contributed by atoms with E-state index >= 15 is 0 Å². The maximum Gasteiger partial charge on any atom is 0.309 e. The SMILES string of the molecule is CC(C)c1nn(-c2cccs2)c(-c2ccc(F)cc2)c1C=C[C@@H]1C[C@@H](O)CC(=O)O1. The highest BCUT2D eigenvalue weighted by atomic mass is 32.1. The molecule has 1 N–H and O–H groups in total. The Morgan fingerprint density at radius 2 is 2.07 bits per heavy atom. The lowest BCUT2D eigenvalue weighted by atomic mass is 9.98. The highest BCUT2D eigenvalue weighted by Crippen LogP contribution is 2.35. The summed E-state index contributed by atoms with van der Waals surface area (Å²) in [6, 6.07) is 10.3. The number of aromatic nitrogens is 2. The van der Waals surface area contributed by atoms with Crippen molar-refractivity contribution in [3.63, 3.8) is 0 Å². The van der Waals surface area contributed by atoms with E-state index in [9.17, 15) is 14.3 Å². The van der Waals surface area contributed by atoms with Crippen LogP contribution in [0.3, 0.4) is 0 Å². The maximum atomic E-state index is 13.6. The highest BCUT2D eigenvalue weighted by molar-refractivity contribution is 7.12. The first-order valence-corrected chi connectivity index (χ1v) is 10.8. The molecule has 1 aliphatic heterocycles. The Kier molecular flexibility index (Phi) is 5.83. The third-order valence-corrected chi connectivity index (χ3v) is 5.84. The van der Waals surface area contributed by atoms with E-state index in [4.69, 9.17) is 9.84 Å². The quantitative estimate of drug-likeness (QED) is 0.587. The molecule has 1 fully saturated rings. The summed E-state index contributed by atoms with van der Waals surface area (Å²) < 4.78 is 20.8.